The molecule has 2 nitrogen and oxygen atoms in total. The molecular formula is C12H14BrF2NO. The van der Waals surface area contributed by atoms with Crippen molar-refractivity contribution in [3.63, 3.8) is 0 Å². The van der Waals surface area contributed by atoms with E-state index < -0.39 is 11.6 Å². The summed E-state index contributed by atoms with van der Waals surface area (Å²) in [7, 11) is 0. The monoisotopic (exact) mass is 305 g/mol. The quantitative estimate of drug-likeness (QED) is 0.831. The highest BCUT2D eigenvalue weighted by Gasteiger charge is 2.09. The molecule has 0 aliphatic rings. The summed E-state index contributed by atoms with van der Waals surface area (Å²) in [6.45, 7) is 2.54. The lowest BCUT2D eigenvalue weighted by molar-refractivity contribution is 0.0952. The van der Waals surface area contributed by atoms with E-state index in [-0.39, 0.29) is 11.5 Å². The van der Waals surface area contributed by atoms with Gasteiger partial charge in [-0.2, -0.15) is 0 Å². The Balaban J connectivity index is 2.50. The Morgan fingerprint density at radius 1 is 1.41 bits per heavy atom. The van der Waals surface area contributed by atoms with Gasteiger partial charge in [-0.3, -0.25) is 4.79 Å². The third kappa shape index (κ3) is 4.42. The lowest BCUT2D eigenvalue weighted by Crippen LogP contribution is -2.26. The Kier molecular flexibility index (Phi) is 5.55. The molecule has 94 valence electrons. The van der Waals surface area contributed by atoms with Gasteiger partial charge in [0, 0.05) is 16.9 Å². The van der Waals surface area contributed by atoms with Crippen LogP contribution in [0, 0.1) is 11.6 Å². The molecule has 1 rings (SSSR count). The van der Waals surface area contributed by atoms with Crippen LogP contribution >= 0.6 is 15.9 Å². The Hall–Kier alpha value is -0.970. The molecule has 0 heterocycles. The summed E-state index contributed by atoms with van der Waals surface area (Å²) in [6.07, 6.45) is 1.77. The summed E-state index contributed by atoms with van der Waals surface area (Å²) >= 11 is 3.44. The molecule has 17 heavy (non-hydrogen) atoms. The summed E-state index contributed by atoms with van der Waals surface area (Å²) < 4.78 is 25.5. The van der Waals surface area contributed by atoms with Crippen LogP contribution in [0.1, 0.15) is 30.1 Å². The molecule has 0 saturated carbocycles. The predicted octanol–water partition coefficient (Wildman–Crippen LogP) is 3.26. The Bertz CT molecular complexity index is 398. The molecule has 0 spiro atoms. The summed E-state index contributed by atoms with van der Waals surface area (Å²) in [5.74, 6) is -2.35. The van der Waals surface area contributed by atoms with Crippen LogP contribution in [0.15, 0.2) is 18.2 Å². The molecule has 0 aliphatic carbocycles. The second-order valence-corrected chi connectivity index (χ2v) is 4.97. The summed E-state index contributed by atoms with van der Waals surface area (Å²) in [5, 5.41) is 2.65. The van der Waals surface area contributed by atoms with E-state index in [4.69, 9.17) is 0 Å². The topological polar surface area (TPSA) is 29.1 Å². The van der Waals surface area contributed by atoms with Crippen molar-refractivity contribution >= 4 is 21.8 Å². The number of nitrogens with one attached hydrogen (secondary N) is 1. The highest BCUT2D eigenvalue weighted by molar-refractivity contribution is 9.09. The van der Waals surface area contributed by atoms with Gasteiger partial charge in [0.2, 0.25) is 0 Å². The van der Waals surface area contributed by atoms with Gasteiger partial charge in [0.1, 0.15) is 0 Å². The number of amides is 1. The average Bonchev–Trinajstić information content (AvgIpc) is 2.32. The van der Waals surface area contributed by atoms with Crippen LogP contribution < -0.4 is 5.32 Å². The zero-order chi connectivity index (χ0) is 12.8. The zero-order valence-corrected chi connectivity index (χ0v) is 11.1. The molecule has 0 radical (unpaired) electrons. The minimum atomic E-state index is -1.01. The first-order valence-corrected chi connectivity index (χ1v) is 6.33. The Morgan fingerprint density at radius 2 is 2.12 bits per heavy atom. The van der Waals surface area contributed by atoms with E-state index in [9.17, 15) is 13.6 Å². The number of hydrogen-bond donors (Lipinski definition) is 1. The van der Waals surface area contributed by atoms with Crippen molar-refractivity contribution in [1.29, 1.82) is 0 Å². The van der Waals surface area contributed by atoms with E-state index in [0.29, 0.717) is 11.4 Å². The van der Waals surface area contributed by atoms with Crippen molar-refractivity contribution in [1.82, 2.24) is 5.32 Å². The van der Waals surface area contributed by atoms with Crippen molar-refractivity contribution < 1.29 is 13.6 Å². The maximum atomic E-state index is 12.9. The first-order chi connectivity index (χ1) is 8.04. The zero-order valence-electron chi connectivity index (χ0n) is 9.47. The molecule has 0 saturated heterocycles. The van der Waals surface area contributed by atoms with Gasteiger partial charge in [0.25, 0.3) is 5.91 Å². The van der Waals surface area contributed by atoms with E-state index in [1.54, 1.807) is 0 Å². The molecule has 0 bridgehead atoms. The third-order valence-electron chi connectivity index (χ3n) is 2.37. The number of hydrogen-bond acceptors (Lipinski definition) is 1. The van der Waals surface area contributed by atoms with Crippen molar-refractivity contribution in [3.05, 3.63) is 35.4 Å². The lowest BCUT2D eigenvalue weighted by atomic mass is 10.2. The maximum absolute atomic E-state index is 12.9. The summed E-state index contributed by atoms with van der Waals surface area (Å²) in [6, 6.07) is 3.11. The fourth-order valence-electron chi connectivity index (χ4n) is 1.29. The van der Waals surface area contributed by atoms with Gasteiger partial charge < -0.3 is 5.32 Å². The second kappa shape index (κ2) is 6.69. The SMILES string of the molecule is CCC(Br)CCNC(=O)c1ccc(F)c(F)c1. The third-order valence-corrected chi connectivity index (χ3v) is 3.47. The first-order valence-electron chi connectivity index (χ1n) is 5.42. The Morgan fingerprint density at radius 3 is 2.71 bits per heavy atom. The van der Waals surface area contributed by atoms with Crippen LogP contribution in [-0.2, 0) is 0 Å². The molecule has 0 fully saturated rings. The fourth-order valence-corrected chi connectivity index (χ4v) is 1.51. The summed E-state index contributed by atoms with van der Waals surface area (Å²) in [4.78, 5) is 11.9. The minimum absolute atomic E-state index is 0.131. The molecule has 1 amide bonds. The molecule has 1 atom stereocenters. The molecular weight excluding hydrogens is 292 g/mol. The van der Waals surface area contributed by atoms with Gasteiger partial charge in [-0.1, -0.05) is 22.9 Å². The van der Waals surface area contributed by atoms with Gasteiger partial charge in [-0.25, -0.2) is 8.78 Å². The molecule has 0 aliphatic heterocycles. The molecule has 1 unspecified atom stereocenters. The summed E-state index contributed by atoms with van der Waals surface area (Å²) in [5.41, 5.74) is 0.131. The standard InChI is InChI=1S/C12H14BrF2NO/c1-2-9(13)5-6-16-12(17)8-3-4-10(14)11(15)7-8/h3-4,7,9H,2,5-6H2,1H3,(H,16,17). The van der Waals surface area contributed by atoms with Crippen molar-refractivity contribution in [2.24, 2.45) is 0 Å². The number of halogens is 3. The predicted molar refractivity (Wildman–Crippen MR) is 66.3 cm³/mol. The van der Waals surface area contributed by atoms with Crippen molar-refractivity contribution in [3.8, 4) is 0 Å². The van der Waals surface area contributed by atoms with Crippen LogP contribution in [0.4, 0.5) is 8.78 Å². The van der Waals surface area contributed by atoms with E-state index >= 15 is 0 Å². The molecule has 1 N–H and O–H groups in total. The molecule has 1 aromatic carbocycles. The number of carbonyl (C=O) groups excluding carboxylic acids is 1. The second-order valence-electron chi connectivity index (χ2n) is 3.68. The number of rotatable bonds is 5. The minimum Gasteiger partial charge on any atom is -0.352 e. The van der Waals surface area contributed by atoms with E-state index in [2.05, 4.69) is 21.2 Å². The normalized spacial score (nSPS) is 12.2. The first kappa shape index (κ1) is 14.1. The average molecular weight is 306 g/mol. The van der Waals surface area contributed by atoms with E-state index in [0.717, 1.165) is 25.0 Å². The van der Waals surface area contributed by atoms with Crippen LogP contribution in [-0.4, -0.2) is 17.3 Å². The van der Waals surface area contributed by atoms with E-state index in [1.807, 2.05) is 6.92 Å². The van der Waals surface area contributed by atoms with Crippen LogP contribution in [0.3, 0.4) is 0 Å². The number of benzene rings is 1. The largest absolute Gasteiger partial charge is 0.352 e. The van der Waals surface area contributed by atoms with Gasteiger partial charge in [-0.15, -0.1) is 0 Å². The van der Waals surface area contributed by atoms with Crippen molar-refractivity contribution in [2.75, 3.05) is 6.54 Å². The van der Waals surface area contributed by atoms with Crippen LogP contribution in [0.25, 0.3) is 0 Å². The Labute approximate surface area is 108 Å². The van der Waals surface area contributed by atoms with Crippen LogP contribution in [0.2, 0.25) is 0 Å². The van der Waals surface area contributed by atoms with Crippen molar-refractivity contribution in [2.45, 2.75) is 24.6 Å². The maximum Gasteiger partial charge on any atom is 0.251 e. The van der Waals surface area contributed by atoms with Gasteiger partial charge in [0.05, 0.1) is 0 Å². The van der Waals surface area contributed by atoms with Gasteiger partial charge in [-0.05, 0) is 31.0 Å². The van der Waals surface area contributed by atoms with Gasteiger partial charge in [0.15, 0.2) is 11.6 Å². The molecule has 1 aromatic rings. The number of carbonyl (C=O) groups is 1. The van der Waals surface area contributed by atoms with E-state index in [1.165, 1.54) is 6.07 Å². The van der Waals surface area contributed by atoms with Crippen LogP contribution in [0.5, 0.6) is 0 Å². The molecule has 0 aromatic heterocycles. The highest BCUT2D eigenvalue weighted by Crippen LogP contribution is 2.10. The lowest BCUT2D eigenvalue weighted by Gasteiger charge is -2.08. The molecule has 5 heteroatoms. The fraction of sp³-hybridized carbons (Fsp3) is 0.417. The van der Waals surface area contributed by atoms with Gasteiger partial charge >= 0.3 is 0 Å². The smallest absolute Gasteiger partial charge is 0.251 e. The number of alkyl halides is 1. The highest BCUT2D eigenvalue weighted by atomic mass is 79.9.